The number of aromatic nitrogens is 4. The molecule has 2 heterocycles. The summed E-state index contributed by atoms with van der Waals surface area (Å²) in [5.41, 5.74) is 1.17. The zero-order valence-corrected chi connectivity index (χ0v) is 15.1. The number of hydrogen-bond donors (Lipinski definition) is 0. The Kier molecular flexibility index (Phi) is 5.22. The summed E-state index contributed by atoms with van der Waals surface area (Å²) in [4.78, 5) is 28.4. The molecule has 0 aliphatic carbocycles. The third kappa shape index (κ3) is 3.55. The van der Waals surface area contributed by atoms with Crippen molar-refractivity contribution in [3.05, 3.63) is 57.0 Å². The van der Waals surface area contributed by atoms with Gasteiger partial charge in [0.2, 0.25) is 0 Å². The van der Waals surface area contributed by atoms with Gasteiger partial charge in [0.15, 0.2) is 11.2 Å². The molecule has 0 aliphatic heterocycles. The predicted octanol–water partition coefficient (Wildman–Crippen LogP) is 0.838. The van der Waals surface area contributed by atoms with Crippen LogP contribution < -0.4 is 16.0 Å². The van der Waals surface area contributed by atoms with Gasteiger partial charge in [-0.1, -0.05) is 12.1 Å². The molecule has 1 aromatic carbocycles. The standard InChI is InChI=1S/C18H22N4O4/c1-13-5-4-6-14(11-13)26-10-9-25-8-7-22-12-19-16-15(22)17(23)21(3)18(24)20(16)2/h4-6,11-12H,7-10H2,1-3H3. The lowest BCUT2D eigenvalue weighted by atomic mass is 10.2. The average molecular weight is 358 g/mol. The van der Waals surface area contributed by atoms with E-state index in [0.29, 0.717) is 37.5 Å². The summed E-state index contributed by atoms with van der Waals surface area (Å²) in [5.74, 6) is 0.818. The van der Waals surface area contributed by atoms with Gasteiger partial charge >= 0.3 is 5.69 Å². The van der Waals surface area contributed by atoms with Gasteiger partial charge in [0, 0.05) is 20.6 Å². The molecular weight excluding hydrogens is 336 g/mol. The molecule has 0 fully saturated rings. The molecule has 2 aromatic heterocycles. The van der Waals surface area contributed by atoms with Gasteiger partial charge in [-0.15, -0.1) is 0 Å². The Hall–Kier alpha value is -2.87. The molecule has 0 spiro atoms. The largest absolute Gasteiger partial charge is 0.491 e. The van der Waals surface area contributed by atoms with Crippen LogP contribution in [0, 0.1) is 6.92 Å². The first-order valence-corrected chi connectivity index (χ1v) is 8.37. The highest BCUT2D eigenvalue weighted by Gasteiger charge is 2.13. The molecule has 3 rings (SSSR count). The van der Waals surface area contributed by atoms with Crippen molar-refractivity contribution >= 4 is 11.2 Å². The summed E-state index contributed by atoms with van der Waals surface area (Å²) in [5, 5.41) is 0. The van der Waals surface area contributed by atoms with E-state index in [-0.39, 0.29) is 5.56 Å². The second-order valence-electron chi connectivity index (χ2n) is 6.09. The second kappa shape index (κ2) is 7.57. The average Bonchev–Trinajstić information content (AvgIpc) is 3.05. The van der Waals surface area contributed by atoms with E-state index in [4.69, 9.17) is 9.47 Å². The lowest BCUT2D eigenvalue weighted by Crippen LogP contribution is -2.37. The van der Waals surface area contributed by atoms with Gasteiger partial charge in [-0.25, -0.2) is 9.78 Å². The van der Waals surface area contributed by atoms with Gasteiger partial charge in [-0.05, 0) is 24.6 Å². The fraction of sp³-hybridized carbons (Fsp3) is 0.389. The normalized spacial score (nSPS) is 11.2. The van der Waals surface area contributed by atoms with E-state index in [2.05, 4.69) is 4.98 Å². The molecule has 0 radical (unpaired) electrons. The van der Waals surface area contributed by atoms with Crippen molar-refractivity contribution in [3.63, 3.8) is 0 Å². The summed E-state index contributed by atoms with van der Waals surface area (Å²) in [7, 11) is 3.06. The highest BCUT2D eigenvalue weighted by atomic mass is 16.5. The van der Waals surface area contributed by atoms with E-state index in [1.54, 1.807) is 17.9 Å². The first-order valence-electron chi connectivity index (χ1n) is 8.37. The molecule has 0 atom stereocenters. The van der Waals surface area contributed by atoms with Gasteiger partial charge in [-0.3, -0.25) is 13.9 Å². The molecule has 0 amide bonds. The van der Waals surface area contributed by atoms with E-state index >= 15 is 0 Å². The SMILES string of the molecule is Cc1cccc(OCCOCCn2cnc3c2c(=O)n(C)c(=O)n3C)c1. The molecule has 0 saturated carbocycles. The summed E-state index contributed by atoms with van der Waals surface area (Å²) >= 11 is 0. The van der Waals surface area contributed by atoms with Crippen LogP contribution in [0.2, 0.25) is 0 Å². The van der Waals surface area contributed by atoms with E-state index < -0.39 is 5.69 Å². The highest BCUT2D eigenvalue weighted by Crippen LogP contribution is 2.12. The van der Waals surface area contributed by atoms with Crippen molar-refractivity contribution in [1.29, 1.82) is 0 Å². The molecule has 0 saturated heterocycles. The number of nitrogens with zero attached hydrogens (tertiary/aromatic N) is 4. The lowest BCUT2D eigenvalue weighted by molar-refractivity contribution is 0.0948. The van der Waals surface area contributed by atoms with Crippen LogP contribution in [-0.2, 0) is 25.4 Å². The fourth-order valence-corrected chi connectivity index (χ4v) is 2.76. The number of imidazole rings is 1. The van der Waals surface area contributed by atoms with Crippen molar-refractivity contribution in [2.24, 2.45) is 14.1 Å². The van der Waals surface area contributed by atoms with Crippen LogP contribution in [0.15, 0.2) is 40.2 Å². The van der Waals surface area contributed by atoms with Crippen LogP contribution in [0.4, 0.5) is 0 Å². The quantitative estimate of drug-likeness (QED) is 0.585. The number of fused-ring (bicyclic) bond motifs is 1. The van der Waals surface area contributed by atoms with Crippen molar-refractivity contribution in [2.45, 2.75) is 13.5 Å². The van der Waals surface area contributed by atoms with Crippen LogP contribution >= 0.6 is 0 Å². The van der Waals surface area contributed by atoms with Crippen LogP contribution in [0.25, 0.3) is 11.2 Å². The van der Waals surface area contributed by atoms with Gasteiger partial charge in [0.05, 0.1) is 19.5 Å². The molecule has 8 nitrogen and oxygen atoms in total. The van der Waals surface area contributed by atoms with E-state index in [1.165, 1.54) is 11.6 Å². The number of hydrogen-bond acceptors (Lipinski definition) is 5. The topological polar surface area (TPSA) is 80.3 Å². The molecule has 0 bridgehead atoms. The third-order valence-corrected chi connectivity index (χ3v) is 4.18. The van der Waals surface area contributed by atoms with Crippen LogP contribution in [-0.4, -0.2) is 38.5 Å². The minimum absolute atomic E-state index is 0.358. The third-order valence-electron chi connectivity index (χ3n) is 4.18. The lowest BCUT2D eigenvalue weighted by Gasteiger charge is -2.09. The number of benzene rings is 1. The zero-order valence-electron chi connectivity index (χ0n) is 15.1. The zero-order chi connectivity index (χ0) is 18.7. The molecule has 0 aliphatic rings. The van der Waals surface area contributed by atoms with Gasteiger partial charge in [0.1, 0.15) is 12.4 Å². The monoisotopic (exact) mass is 358 g/mol. The van der Waals surface area contributed by atoms with Crippen LogP contribution in [0.5, 0.6) is 5.75 Å². The summed E-state index contributed by atoms with van der Waals surface area (Å²) in [6.45, 7) is 3.78. The highest BCUT2D eigenvalue weighted by molar-refractivity contribution is 5.69. The van der Waals surface area contributed by atoms with Crippen molar-refractivity contribution in [2.75, 3.05) is 19.8 Å². The Morgan fingerprint density at radius 1 is 1.08 bits per heavy atom. The summed E-state index contributed by atoms with van der Waals surface area (Å²) < 4.78 is 15.4. The maximum Gasteiger partial charge on any atom is 0.332 e. The van der Waals surface area contributed by atoms with Gasteiger partial charge < -0.3 is 14.0 Å². The molecule has 138 valence electrons. The van der Waals surface area contributed by atoms with Crippen molar-refractivity contribution in [1.82, 2.24) is 18.7 Å². The molecule has 3 aromatic rings. The molecule has 26 heavy (non-hydrogen) atoms. The van der Waals surface area contributed by atoms with Crippen molar-refractivity contribution < 1.29 is 9.47 Å². The Labute approximate surface area is 150 Å². The number of ether oxygens (including phenoxy) is 2. The summed E-state index contributed by atoms with van der Waals surface area (Å²) in [6, 6.07) is 7.84. The Balaban J connectivity index is 1.56. The maximum absolute atomic E-state index is 12.3. The summed E-state index contributed by atoms with van der Waals surface area (Å²) in [6.07, 6.45) is 1.55. The molecule has 8 heteroatoms. The molecular formula is C18H22N4O4. The van der Waals surface area contributed by atoms with Crippen LogP contribution in [0.3, 0.4) is 0 Å². The fourth-order valence-electron chi connectivity index (χ4n) is 2.76. The predicted molar refractivity (Wildman–Crippen MR) is 97.7 cm³/mol. The number of aryl methyl sites for hydroxylation is 2. The van der Waals surface area contributed by atoms with E-state index in [9.17, 15) is 9.59 Å². The van der Waals surface area contributed by atoms with Crippen LogP contribution in [0.1, 0.15) is 5.56 Å². The van der Waals surface area contributed by atoms with Gasteiger partial charge in [-0.2, -0.15) is 0 Å². The smallest absolute Gasteiger partial charge is 0.332 e. The Morgan fingerprint density at radius 3 is 2.65 bits per heavy atom. The van der Waals surface area contributed by atoms with E-state index in [1.807, 2.05) is 31.2 Å². The van der Waals surface area contributed by atoms with Crippen molar-refractivity contribution in [3.8, 4) is 5.75 Å². The second-order valence-corrected chi connectivity index (χ2v) is 6.09. The molecule has 0 unspecified atom stereocenters. The first kappa shape index (κ1) is 17.9. The number of rotatable bonds is 7. The maximum atomic E-state index is 12.3. The molecule has 0 N–H and O–H groups in total. The van der Waals surface area contributed by atoms with Gasteiger partial charge in [0.25, 0.3) is 5.56 Å². The Bertz CT molecular complexity index is 1030. The first-order chi connectivity index (χ1) is 12.5. The van der Waals surface area contributed by atoms with E-state index in [0.717, 1.165) is 15.9 Å². The Morgan fingerprint density at radius 2 is 1.88 bits per heavy atom. The minimum Gasteiger partial charge on any atom is -0.491 e. The minimum atomic E-state index is -0.391.